The summed E-state index contributed by atoms with van der Waals surface area (Å²) in [5.41, 5.74) is 0.285. The van der Waals surface area contributed by atoms with Crippen LogP contribution in [0.3, 0.4) is 0 Å². The third-order valence-electron chi connectivity index (χ3n) is 4.08. The Bertz CT molecular complexity index is 502. The molecule has 0 atom stereocenters. The molecule has 0 saturated carbocycles. The Morgan fingerprint density at radius 2 is 2.00 bits per heavy atom. The number of nitrogens with one attached hydrogen (secondary N) is 2. The van der Waals surface area contributed by atoms with Gasteiger partial charge in [-0.15, -0.1) is 0 Å². The molecule has 1 fully saturated rings. The van der Waals surface area contributed by atoms with E-state index in [1.54, 1.807) is 0 Å². The van der Waals surface area contributed by atoms with Gasteiger partial charge in [0.25, 0.3) is 0 Å². The minimum Gasteiger partial charge on any atom is -0.325 e. The average Bonchev–Trinajstić information content (AvgIpc) is 2.50. The van der Waals surface area contributed by atoms with Gasteiger partial charge in [-0.25, -0.2) is 8.78 Å². The summed E-state index contributed by atoms with van der Waals surface area (Å²) in [6, 6.07) is 3.37. The van der Waals surface area contributed by atoms with Gasteiger partial charge in [-0.1, -0.05) is 0 Å². The number of halogens is 2. The SMILES string of the molecule is CNCCC1CCN(CC(=O)Nc2ccc(F)c(F)c2)CC1. The van der Waals surface area contributed by atoms with E-state index < -0.39 is 11.6 Å². The quantitative estimate of drug-likeness (QED) is 0.847. The van der Waals surface area contributed by atoms with Gasteiger partial charge >= 0.3 is 0 Å². The Morgan fingerprint density at radius 3 is 2.64 bits per heavy atom. The number of likely N-dealkylation sites (tertiary alicyclic amines) is 1. The first-order valence-electron chi connectivity index (χ1n) is 7.70. The molecule has 2 N–H and O–H groups in total. The fraction of sp³-hybridized carbons (Fsp3) is 0.562. The monoisotopic (exact) mass is 311 g/mol. The lowest BCUT2D eigenvalue weighted by Gasteiger charge is -2.31. The van der Waals surface area contributed by atoms with Crippen molar-refractivity contribution in [2.75, 3.05) is 38.5 Å². The van der Waals surface area contributed by atoms with Gasteiger partial charge < -0.3 is 10.6 Å². The maximum Gasteiger partial charge on any atom is 0.238 e. The maximum atomic E-state index is 13.1. The molecule has 0 aromatic heterocycles. The molecule has 22 heavy (non-hydrogen) atoms. The predicted octanol–water partition coefficient (Wildman–Crippen LogP) is 2.22. The molecular weight excluding hydrogens is 288 g/mol. The van der Waals surface area contributed by atoms with Crippen molar-refractivity contribution < 1.29 is 13.6 Å². The largest absolute Gasteiger partial charge is 0.325 e. The zero-order valence-corrected chi connectivity index (χ0v) is 12.9. The van der Waals surface area contributed by atoms with Crippen LogP contribution in [-0.2, 0) is 4.79 Å². The van der Waals surface area contributed by atoms with Crippen molar-refractivity contribution in [1.82, 2.24) is 10.2 Å². The van der Waals surface area contributed by atoms with E-state index in [0.717, 1.165) is 50.5 Å². The Morgan fingerprint density at radius 1 is 1.27 bits per heavy atom. The van der Waals surface area contributed by atoms with Crippen molar-refractivity contribution in [3.63, 3.8) is 0 Å². The molecule has 0 unspecified atom stereocenters. The highest BCUT2D eigenvalue weighted by Gasteiger charge is 2.20. The maximum absolute atomic E-state index is 13.1. The summed E-state index contributed by atoms with van der Waals surface area (Å²) in [6.07, 6.45) is 3.37. The zero-order chi connectivity index (χ0) is 15.9. The van der Waals surface area contributed by atoms with E-state index >= 15 is 0 Å². The van der Waals surface area contributed by atoms with Crippen LogP contribution in [0.5, 0.6) is 0 Å². The van der Waals surface area contributed by atoms with Crippen LogP contribution < -0.4 is 10.6 Å². The van der Waals surface area contributed by atoms with Gasteiger partial charge in [-0.05, 0) is 64.0 Å². The Hall–Kier alpha value is -1.53. The second kappa shape index (κ2) is 8.19. The molecule has 0 aliphatic carbocycles. The van der Waals surface area contributed by atoms with Gasteiger partial charge in [-0.2, -0.15) is 0 Å². The lowest BCUT2D eigenvalue weighted by Crippen LogP contribution is -2.39. The van der Waals surface area contributed by atoms with Crippen LogP contribution in [0.15, 0.2) is 18.2 Å². The number of hydrogen-bond donors (Lipinski definition) is 2. The van der Waals surface area contributed by atoms with E-state index in [1.807, 2.05) is 7.05 Å². The van der Waals surface area contributed by atoms with E-state index in [0.29, 0.717) is 0 Å². The minimum atomic E-state index is -0.955. The predicted molar refractivity (Wildman–Crippen MR) is 82.7 cm³/mol. The number of carbonyl (C=O) groups excluding carboxylic acids is 1. The molecule has 6 heteroatoms. The summed E-state index contributed by atoms with van der Waals surface area (Å²) in [4.78, 5) is 14.1. The number of nitrogens with zero attached hydrogens (tertiary/aromatic N) is 1. The summed E-state index contributed by atoms with van der Waals surface area (Å²) in [6.45, 7) is 3.12. The second-order valence-corrected chi connectivity index (χ2v) is 5.79. The standard InChI is InChI=1S/C16H23F2N3O/c1-19-7-4-12-5-8-21(9-6-12)11-16(22)20-13-2-3-14(17)15(18)10-13/h2-3,10,12,19H,4-9,11H2,1H3,(H,20,22). The van der Waals surface area contributed by atoms with E-state index in [4.69, 9.17) is 0 Å². The highest BCUT2D eigenvalue weighted by atomic mass is 19.2. The molecule has 0 radical (unpaired) electrons. The van der Waals surface area contributed by atoms with Crippen LogP contribution in [0.1, 0.15) is 19.3 Å². The summed E-state index contributed by atoms with van der Waals surface area (Å²) in [7, 11) is 1.96. The minimum absolute atomic E-state index is 0.195. The van der Waals surface area contributed by atoms with E-state index in [9.17, 15) is 13.6 Å². The first-order valence-corrected chi connectivity index (χ1v) is 7.70. The van der Waals surface area contributed by atoms with E-state index in [-0.39, 0.29) is 18.1 Å². The van der Waals surface area contributed by atoms with Gasteiger partial charge in [0.2, 0.25) is 5.91 Å². The normalized spacial score (nSPS) is 16.7. The number of rotatable bonds is 6. The van der Waals surface area contributed by atoms with E-state index in [2.05, 4.69) is 15.5 Å². The molecule has 1 saturated heterocycles. The van der Waals surface area contributed by atoms with Gasteiger partial charge in [-0.3, -0.25) is 9.69 Å². The Balaban J connectivity index is 1.75. The number of anilines is 1. The third-order valence-corrected chi connectivity index (χ3v) is 4.08. The van der Waals surface area contributed by atoms with Crippen LogP contribution in [0.25, 0.3) is 0 Å². The molecule has 0 bridgehead atoms. The lowest BCUT2D eigenvalue weighted by molar-refractivity contribution is -0.117. The molecule has 122 valence electrons. The van der Waals surface area contributed by atoms with Gasteiger partial charge in [0, 0.05) is 11.8 Å². The van der Waals surface area contributed by atoms with Crippen LogP contribution in [0.2, 0.25) is 0 Å². The summed E-state index contributed by atoms with van der Waals surface area (Å²) >= 11 is 0. The molecule has 1 aromatic carbocycles. The fourth-order valence-electron chi connectivity index (χ4n) is 2.76. The third kappa shape index (κ3) is 5.03. The topological polar surface area (TPSA) is 44.4 Å². The van der Waals surface area contributed by atoms with Crippen molar-refractivity contribution in [2.45, 2.75) is 19.3 Å². The summed E-state index contributed by atoms with van der Waals surface area (Å²) < 4.78 is 25.9. The van der Waals surface area contributed by atoms with E-state index in [1.165, 1.54) is 12.5 Å². The van der Waals surface area contributed by atoms with Crippen molar-refractivity contribution >= 4 is 11.6 Å². The lowest BCUT2D eigenvalue weighted by atomic mass is 9.93. The van der Waals surface area contributed by atoms with Crippen molar-refractivity contribution in [2.24, 2.45) is 5.92 Å². The van der Waals surface area contributed by atoms with Gasteiger partial charge in [0.05, 0.1) is 6.54 Å². The van der Waals surface area contributed by atoms with Gasteiger partial charge in [0.15, 0.2) is 11.6 Å². The number of hydrogen-bond acceptors (Lipinski definition) is 3. The highest BCUT2D eigenvalue weighted by Crippen LogP contribution is 2.20. The van der Waals surface area contributed by atoms with Crippen molar-refractivity contribution in [3.8, 4) is 0 Å². The van der Waals surface area contributed by atoms with Crippen molar-refractivity contribution in [3.05, 3.63) is 29.8 Å². The van der Waals surface area contributed by atoms with Crippen molar-refractivity contribution in [1.29, 1.82) is 0 Å². The highest BCUT2D eigenvalue weighted by molar-refractivity contribution is 5.92. The summed E-state index contributed by atoms with van der Waals surface area (Å²) in [5, 5.41) is 5.76. The first kappa shape index (κ1) is 16.8. The first-order chi connectivity index (χ1) is 10.6. The van der Waals surface area contributed by atoms with Crippen LogP contribution in [0, 0.1) is 17.6 Å². The molecule has 1 heterocycles. The summed E-state index contributed by atoms with van der Waals surface area (Å²) in [5.74, 6) is -1.34. The van der Waals surface area contributed by atoms with Gasteiger partial charge in [0.1, 0.15) is 0 Å². The molecule has 2 rings (SSSR count). The molecule has 0 spiro atoms. The number of amides is 1. The number of benzene rings is 1. The zero-order valence-electron chi connectivity index (χ0n) is 12.9. The number of carbonyl (C=O) groups is 1. The molecule has 1 aliphatic rings. The molecule has 1 aliphatic heterocycles. The molecule has 4 nitrogen and oxygen atoms in total. The number of piperidine rings is 1. The Kier molecular flexibility index (Phi) is 6.27. The average molecular weight is 311 g/mol. The second-order valence-electron chi connectivity index (χ2n) is 5.79. The molecule has 1 aromatic rings. The van der Waals surface area contributed by atoms with Crippen LogP contribution in [-0.4, -0.2) is 44.0 Å². The smallest absolute Gasteiger partial charge is 0.238 e. The molecular formula is C16H23F2N3O. The fourth-order valence-corrected chi connectivity index (χ4v) is 2.76. The van der Waals surface area contributed by atoms with Crippen LogP contribution >= 0.6 is 0 Å². The molecule has 1 amide bonds. The Labute approximate surface area is 129 Å². The van der Waals surface area contributed by atoms with Crippen LogP contribution in [0.4, 0.5) is 14.5 Å².